The maximum absolute atomic E-state index is 5.72. The van der Waals surface area contributed by atoms with Gasteiger partial charge in [-0.15, -0.1) is 22.9 Å². The average Bonchev–Trinajstić information content (AvgIpc) is 2.84. The average molecular weight is 306 g/mol. The van der Waals surface area contributed by atoms with Gasteiger partial charge in [-0.25, -0.2) is 4.98 Å². The number of aryl methyl sites for hydroxylation is 1. The van der Waals surface area contributed by atoms with Gasteiger partial charge < -0.3 is 9.47 Å². The Balaban J connectivity index is 1.88. The van der Waals surface area contributed by atoms with Crippen molar-refractivity contribution in [2.45, 2.75) is 39.0 Å². The Morgan fingerprint density at radius 3 is 2.68 bits per heavy atom. The molecule has 0 unspecified atom stereocenters. The standard InChI is InChI=1S/C14H24ClNO2S/c1-12(2)10-18-8-7-17-6-4-3-5-14-16-13(9-15)11-19-14/h11-12H,3-10H2,1-2H3. The molecule has 5 heteroatoms. The smallest absolute Gasteiger partial charge is 0.0928 e. The highest BCUT2D eigenvalue weighted by Gasteiger charge is 2.00. The van der Waals surface area contributed by atoms with Gasteiger partial charge in [0.05, 0.1) is 29.8 Å². The minimum absolute atomic E-state index is 0.510. The van der Waals surface area contributed by atoms with E-state index in [0.29, 0.717) is 25.0 Å². The van der Waals surface area contributed by atoms with E-state index < -0.39 is 0 Å². The monoisotopic (exact) mass is 305 g/mol. The largest absolute Gasteiger partial charge is 0.379 e. The molecule has 0 saturated heterocycles. The predicted octanol–water partition coefficient (Wildman–Crippen LogP) is 3.89. The van der Waals surface area contributed by atoms with Gasteiger partial charge in [-0.3, -0.25) is 0 Å². The van der Waals surface area contributed by atoms with Crippen LogP contribution in [0.1, 0.15) is 37.4 Å². The molecule has 1 aromatic heterocycles. The lowest BCUT2D eigenvalue weighted by Crippen LogP contribution is -2.09. The van der Waals surface area contributed by atoms with Crippen LogP contribution in [-0.4, -0.2) is 31.4 Å². The number of aromatic nitrogens is 1. The molecule has 110 valence electrons. The highest BCUT2D eigenvalue weighted by atomic mass is 35.5. The zero-order chi connectivity index (χ0) is 13.9. The lowest BCUT2D eigenvalue weighted by molar-refractivity contribution is 0.0367. The summed E-state index contributed by atoms with van der Waals surface area (Å²) in [6.07, 6.45) is 3.21. The number of hydrogen-bond donors (Lipinski definition) is 0. The molecule has 0 spiro atoms. The maximum Gasteiger partial charge on any atom is 0.0928 e. The molecule has 0 atom stereocenters. The highest BCUT2D eigenvalue weighted by Crippen LogP contribution is 2.13. The van der Waals surface area contributed by atoms with Crippen LogP contribution in [0.15, 0.2) is 5.38 Å². The van der Waals surface area contributed by atoms with E-state index in [1.165, 1.54) is 5.01 Å². The van der Waals surface area contributed by atoms with Gasteiger partial charge in [0.15, 0.2) is 0 Å². The summed E-state index contributed by atoms with van der Waals surface area (Å²) in [5.74, 6) is 1.10. The Labute approximate surface area is 125 Å². The number of halogens is 1. The summed E-state index contributed by atoms with van der Waals surface area (Å²) in [6, 6.07) is 0. The summed E-state index contributed by atoms with van der Waals surface area (Å²) >= 11 is 7.41. The second kappa shape index (κ2) is 10.6. The first-order chi connectivity index (χ1) is 9.22. The van der Waals surface area contributed by atoms with E-state index in [-0.39, 0.29) is 0 Å². The normalized spacial score (nSPS) is 11.4. The molecule has 1 aromatic rings. The molecule has 0 saturated carbocycles. The second-order valence-corrected chi connectivity index (χ2v) is 6.11. The van der Waals surface area contributed by atoms with Crippen LogP contribution >= 0.6 is 22.9 Å². The highest BCUT2D eigenvalue weighted by molar-refractivity contribution is 7.09. The lowest BCUT2D eigenvalue weighted by atomic mass is 10.2. The van der Waals surface area contributed by atoms with Crippen LogP contribution in [0, 0.1) is 5.92 Å². The van der Waals surface area contributed by atoms with Crippen molar-refractivity contribution < 1.29 is 9.47 Å². The second-order valence-electron chi connectivity index (χ2n) is 4.90. The first-order valence-electron chi connectivity index (χ1n) is 6.87. The van der Waals surface area contributed by atoms with E-state index in [2.05, 4.69) is 18.8 Å². The number of thiazole rings is 1. The van der Waals surface area contributed by atoms with Crippen LogP contribution in [0.3, 0.4) is 0 Å². The van der Waals surface area contributed by atoms with Gasteiger partial charge in [-0.2, -0.15) is 0 Å². The summed E-state index contributed by atoms with van der Waals surface area (Å²) in [5, 5.41) is 3.21. The number of rotatable bonds is 11. The van der Waals surface area contributed by atoms with Crippen LogP contribution in [0.5, 0.6) is 0 Å². The first kappa shape index (κ1) is 16.9. The van der Waals surface area contributed by atoms with Gasteiger partial charge >= 0.3 is 0 Å². The van der Waals surface area contributed by atoms with Gasteiger partial charge in [0.2, 0.25) is 0 Å². The van der Waals surface area contributed by atoms with Gasteiger partial charge in [0.25, 0.3) is 0 Å². The minimum Gasteiger partial charge on any atom is -0.379 e. The maximum atomic E-state index is 5.72. The molecule has 0 amide bonds. The molecule has 19 heavy (non-hydrogen) atoms. The molecule has 0 fully saturated rings. The molecule has 0 aliphatic heterocycles. The third-order valence-corrected chi connectivity index (χ3v) is 3.72. The van der Waals surface area contributed by atoms with Crippen molar-refractivity contribution in [2.75, 3.05) is 26.4 Å². The van der Waals surface area contributed by atoms with Crippen LogP contribution in [0.2, 0.25) is 0 Å². The third-order valence-electron chi connectivity index (χ3n) is 2.49. The van der Waals surface area contributed by atoms with Crippen molar-refractivity contribution in [2.24, 2.45) is 5.92 Å². The molecule has 1 rings (SSSR count). The van der Waals surface area contributed by atoms with Gasteiger partial charge in [0, 0.05) is 18.6 Å². The Morgan fingerprint density at radius 2 is 2.00 bits per heavy atom. The SMILES string of the molecule is CC(C)COCCOCCCCc1nc(CCl)cs1. The van der Waals surface area contributed by atoms with Gasteiger partial charge in [-0.1, -0.05) is 13.8 Å². The summed E-state index contributed by atoms with van der Waals surface area (Å²) in [6.45, 7) is 7.31. The van der Waals surface area contributed by atoms with E-state index >= 15 is 0 Å². The Bertz CT molecular complexity index is 331. The van der Waals surface area contributed by atoms with E-state index in [9.17, 15) is 0 Å². The molecule has 0 aliphatic rings. The Hall–Kier alpha value is -0.160. The van der Waals surface area contributed by atoms with E-state index in [0.717, 1.165) is 38.2 Å². The number of hydrogen-bond acceptors (Lipinski definition) is 4. The van der Waals surface area contributed by atoms with Gasteiger partial charge in [-0.05, 0) is 25.2 Å². The first-order valence-corrected chi connectivity index (χ1v) is 8.28. The fourth-order valence-corrected chi connectivity index (χ4v) is 2.61. The topological polar surface area (TPSA) is 31.4 Å². The van der Waals surface area contributed by atoms with Crippen molar-refractivity contribution in [1.82, 2.24) is 4.98 Å². The van der Waals surface area contributed by atoms with E-state index in [1.54, 1.807) is 11.3 Å². The van der Waals surface area contributed by atoms with Crippen molar-refractivity contribution >= 4 is 22.9 Å². The Morgan fingerprint density at radius 1 is 1.21 bits per heavy atom. The van der Waals surface area contributed by atoms with Crippen LogP contribution in [-0.2, 0) is 21.8 Å². The zero-order valence-corrected chi connectivity index (χ0v) is 13.4. The third kappa shape index (κ3) is 8.58. The number of unbranched alkanes of at least 4 members (excludes halogenated alkanes) is 1. The summed E-state index contributed by atoms with van der Waals surface area (Å²) in [7, 11) is 0. The van der Waals surface area contributed by atoms with E-state index in [4.69, 9.17) is 21.1 Å². The fraction of sp³-hybridized carbons (Fsp3) is 0.786. The van der Waals surface area contributed by atoms with Crippen LogP contribution in [0.4, 0.5) is 0 Å². The molecule has 0 aromatic carbocycles. The number of ether oxygens (including phenoxy) is 2. The van der Waals surface area contributed by atoms with Crippen molar-refractivity contribution in [3.05, 3.63) is 16.1 Å². The quantitative estimate of drug-likeness (QED) is 0.459. The van der Waals surface area contributed by atoms with Crippen LogP contribution in [0.25, 0.3) is 0 Å². The van der Waals surface area contributed by atoms with Crippen molar-refractivity contribution in [3.63, 3.8) is 0 Å². The molecule has 0 radical (unpaired) electrons. The summed E-state index contributed by atoms with van der Waals surface area (Å²) in [5.41, 5.74) is 0.986. The lowest BCUT2D eigenvalue weighted by Gasteiger charge is -2.07. The molecule has 0 N–H and O–H groups in total. The molecule has 0 aliphatic carbocycles. The summed E-state index contributed by atoms with van der Waals surface area (Å²) in [4.78, 5) is 4.43. The minimum atomic E-state index is 0.510. The van der Waals surface area contributed by atoms with Gasteiger partial charge in [0.1, 0.15) is 0 Å². The van der Waals surface area contributed by atoms with E-state index in [1.807, 2.05) is 5.38 Å². The van der Waals surface area contributed by atoms with Crippen molar-refractivity contribution in [3.8, 4) is 0 Å². The van der Waals surface area contributed by atoms with Crippen molar-refractivity contribution in [1.29, 1.82) is 0 Å². The Kier molecular flexibility index (Phi) is 9.43. The number of nitrogens with zero attached hydrogens (tertiary/aromatic N) is 1. The summed E-state index contributed by atoms with van der Waals surface area (Å²) < 4.78 is 11.0. The molecule has 0 bridgehead atoms. The fourth-order valence-electron chi connectivity index (χ4n) is 1.54. The molecular formula is C14H24ClNO2S. The molecule has 1 heterocycles. The predicted molar refractivity (Wildman–Crippen MR) is 81.1 cm³/mol. The molecule has 3 nitrogen and oxygen atoms in total. The number of alkyl halides is 1. The molecular weight excluding hydrogens is 282 g/mol. The van der Waals surface area contributed by atoms with Crippen LogP contribution < -0.4 is 0 Å². The zero-order valence-electron chi connectivity index (χ0n) is 11.9.